The zero-order valence-electron chi connectivity index (χ0n) is 6.74. The molecular formula is C9H8N2S. The minimum Gasteiger partial charge on any atom is -0.331 e. The van der Waals surface area contributed by atoms with Gasteiger partial charge in [0.05, 0.1) is 15.8 Å². The third-order valence-electron chi connectivity index (χ3n) is 1.85. The lowest BCUT2D eigenvalue weighted by atomic mass is 10.4. The van der Waals surface area contributed by atoms with E-state index in [1.807, 2.05) is 11.7 Å². The Kier molecular flexibility index (Phi) is 1.63. The SMILES string of the molecule is C#Cc1cn(CC)c2ncsc12. The van der Waals surface area contributed by atoms with E-state index in [4.69, 9.17) is 6.42 Å². The zero-order valence-corrected chi connectivity index (χ0v) is 7.56. The first kappa shape index (κ1) is 7.38. The molecule has 2 nitrogen and oxygen atoms in total. The first-order valence-electron chi connectivity index (χ1n) is 3.75. The number of thiazole rings is 1. The van der Waals surface area contributed by atoms with E-state index in [1.54, 1.807) is 11.3 Å². The van der Waals surface area contributed by atoms with Crippen LogP contribution in [-0.4, -0.2) is 9.55 Å². The van der Waals surface area contributed by atoms with E-state index < -0.39 is 0 Å². The van der Waals surface area contributed by atoms with Crippen molar-refractivity contribution in [3.63, 3.8) is 0 Å². The Morgan fingerprint density at radius 2 is 2.58 bits per heavy atom. The standard InChI is InChI=1S/C9H8N2S/c1-3-7-5-11(4-2)9-8(7)12-6-10-9/h1,5-6H,4H2,2H3. The van der Waals surface area contributed by atoms with Crippen molar-refractivity contribution in [3.05, 3.63) is 17.3 Å². The van der Waals surface area contributed by atoms with Crippen molar-refractivity contribution >= 4 is 21.7 Å². The maximum absolute atomic E-state index is 5.36. The van der Waals surface area contributed by atoms with Gasteiger partial charge in [-0.2, -0.15) is 0 Å². The topological polar surface area (TPSA) is 17.8 Å². The van der Waals surface area contributed by atoms with Gasteiger partial charge < -0.3 is 4.57 Å². The highest BCUT2D eigenvalue weighted by Gasteiger charge is 2.07. The molecular weight excluding hydrogens is 168 g/mol. The van der Waals surface area contributed by atoms with Crippen LogP contribution in [0.3, 0.4) is 0 Å². The second kappa shape index (κ2) is 2.65. The third-order valence-corrected chi connectivity index (χ3v) is 2.70. The Morgan fingerprint density at radius 3 is 3.25 bits per heavy atom. The molecule has 0 atom stereocenters. The molecule has 0 saturated carbocycles. The molecule has 0 aliphatic heterocycles. The van der Waals surface area contributed by atoms with Gasteiger partial charge >= 0.3 is 0 Å². The van der Waals surface area contributed by atoms with Crippen LogP contribution in [0.1, 0.15) is 12.5 Å². The van der Waals surface area contributed by atoms with Crippen molar-refractivity contribution in [2.24, 2.45) is 0 Å². The number of hydrogen-bond donors (Lipinski definition) is 0. The monoisotopic (exact) mass is 176 g/mol. The summed E-state index contributed by atoms with van der Waals surface area (Å²) in [4.78, 5) is 4.24. The summed E-state index contributed by atoms with van der Waals surface area (Å²) < 4.78 is 3.19. The minimum absolute atomic E-state index is 0.919. The average Bonchev–Trinajstić information content (AvgIpc) is 2.63. The summed E-state index contributed by atoms with van der Waals surface area (Å²) in [7, 11) is 0. The predicted octanol–water partition coefficient (Wildman–Crippen LogP) is 2.10. The molecule has 2 rings (SSSR count). The van der Waals surface area contributed by atoms with E-state index in [1.165, 1.54) is 0 Å². The summed E-state index contributed by atoms with van der Waals surface area (Å²) in [6.07, 6.45) is 7.34. The van der Waals surface area contributed by atoms with Crippen molar-refractivity contribution in [3.8, 4) is 12.3 Å². The Balaban J connectivity index is 2.81. The fraction of sp³-hybridized carbons (Fsp3) is 0.222. The van der Waals surface area contributed by atoms with Crippen LogP contribution in [0.25, 0.3) is 10.3 Å². The molecule has 0 N–H and O–H groups in total. The van der Waals surface area contributed by atoms with Crippen LogP contribution < -0.4 is 0 Å². The van der Waals surface area contributed by atoms with Gasteiger partial charge in [0.15, 0.2) is 5.65 Å². The first-order chi connectivity index (χ1) is 5.86. The van der Waals surface area contributed by atoms with E-state index in [0.717, 1.165) is 22.5 Å². The molecule has 0 aromatic carbocycles. The summed E-state index contributed by atoms with van der Waals surface area (Å²) in [5, 5.41) is 0. The van der Waals surface area contributed by atoms with Gasteiger partial charge in [0.1, 0.15) is 0 Å². The summed E-state index contributed by atoms with van der Waals surface area (Å²) in [5.41, 5.74) is 3.79. The second-order valence-corrected chi connectivity index (χ2v) is 3.33. The zero-order chi connectivity index (χ0) is 8.55. The quantitative estimate of drug-likeness (QED) is 0.608. The van der Waals surface area contributed by atoms with Gasteiger partial charge in [0, 0.05) is 12.7 Å². The molecule has 0 aliphatic carbocycles. The van der Waals surface area contributed by atoms with Crippen LogP contribution in [-0.2, 0) is 6.54 Å². The van der Waals surface area contributed by atoms with Gasteiger partial charge in [-0.3, -0.25) is 0 Å². The van der Waals surface area contributed by atoms with Gasteiger partial charge in [-0.25, -0.2) is 4.98 Å². The van der Waals surface area contributed by atoms with E-state index >= 15 is 0 Å². The van der Waals surface area contributed by atoms with Gasteiger partial charge in [0.2, 0.25) is 0 Å². The van der Waals surface area contributed by atoms with Gasteiger partial charge in [0.25, 0.3) is 0 Å². The highest BCUT2D eigenvalue weighted by atomic mass is 32.1. The number of aryl methyl sites for hydroxylation is 1. The largest absolute Gasteiger partial charge is 0.331 e. The highest BCUT2D eigenvalue weighted by Crippen LogP contribution is 2.23. The van der Waals surface area contributed by atoms with Gasteiger partial charge in [-0.1, -0.05) is 5.92 Å². The molecule has 0 spiro atoms. The number of terminal acetylenes is 1. The Bertz CT molecular complexity index is 444. The van der Waals surface area contributed by atoms with Crippen molar-refractivity contribution in [2.75, 3.05) is 0 Å². The molecule has 0 bridgehead atoms. The van der Waals surface area contributed by atoms with Crippen LogP contribution in [0.5, 0.6) is 0 Å². The normalized spacial score (nSPS) is 10.3. The summed E-state index contributed by atoms with van der Waals surface area (Å²) >= 11 is 1.60. The lowest BCUT2D eigenvalue weighted by Gasteiger charge is -1.93. The summed E-state index contributed by atoms with van der Waals surface area (Å²) in [6.45, 7) is 3.00. The molecule has 3 heteroatoms. The average molecular weight is 176 g/mol. The maximum atomic E-state index is 5.36. The van der Waals surface area contributed by atoms with Crippen LogP contribution in [0.4, 0.5) is 0 Å². The fourth-order valence-corrected chi connectivity index (χ4v) is 2.02. The lowest BCUT2D eigenvalue weighted by Crippen LogP contribution is -1.90. The number of hydrogen-bond acceptors (Lipinski definition) is 2. The van der Waals surface area contributed by atoms with E-state index in [-0.39, 0.29) is 0 Å². The minimum atomic E-state index is 0.919. The molecule has 12 heavy (non-hydrogen) atoms. The third kappa shape index (κ3) is 0.853. The molecule has 2 aromatic rings. The highest BCUT2D eigenvalue weighted by molar-refractivity contribution is 7.17. The number of fused-ring (bicyclic) bond motifs is 1. The number of rotatable bonds is 1. The first-order valence-corrected chi connectivity index (χ1v) is 4.63. The van der Waals surface area contributed by atoms with Crippen molar-refractivity contribution in [2.45, 2.75) is 13.5 Å². The predicted molar refractivity (Wildman–Crippen MR) is 51.2 cm³/mol. The smallest absolute Gasteiger partial charge is 0.152 e. The molecule has 0 radical (unpaired) electrons. The van der Waals surface area contributed by atoms with Crippen molar-refractivity contribution in [1.82, 2.24) is 9.55 Å². The van der Waals surface area contributed by atoms with Gasteiger partial charge in [-0.15, -0.1) is 17.8 Å². The van der Waals surface area contributed by atoms with Gasteiger partial charge in [-0.05, 0) is 6.92 Å². The van der Waals surface area contributed by atoms with Crippen LogP contribution in [0, 0.1) is 12.3 Å². The second-order valence-electron chi connectivity index (χ2n) is 2.48. The molecule has 2 aromatic heterocycles. The fourth-order valence-electron chi connectivity index (χ4n) is 1.25. The Morgan fingerprint density at radius 1 is 1.75 bits per heavy atom. The van der Waals surface area contributed by atoms with Crippen molar-refractivity contribution in [1.29, 1.82) is 0 Å². The van der Waals surface area contributed by atoms with E-state index in [2.05, 4.69) is 22.4 Å². The maximum Gasteiger partial charge on any atom is 0.152 e. The van der Waals surface area contributed by atoms with E-state index in [0.29, 0.717) is 0 Å². The molecule has 60 valence electrons. The molecule has 0 fully saturated rings. The molecule has 0 saturated heterocycles. The summed E-state index contributed by atoms with van der Waals surface area (Å²) in [5.74, 6) is 2.66. The van der Waals surface area contributed by atoms with Crippen LogP contribution in [0.15, 0.2) is 11.7 Å². The number of nitrogens with zero attached hydrogens (tertiary/aromatic N) is 2. The molecule has 0 unspecified atom stereocenters. The lowest BCUT2D eigenvalue weighted by molar-refractivity contribution is 0.788. The van der Waals surface area contributed by atoms with E-state index in [9.17, 15) is 0 Å². The van der Waals surface area contributed by atoms with Crippen LogP contribution >= 0.6 is 11.3 Å². The molecule has 0 amide bonds. The summed E-state index contributed by atoms with van der Waals surface area (Å²) in [6, 6.07) is 0. The number of aromatic nitrogens is 2. The van der Waals surface area contributed by atoms with Crippen molar-refractivity contribution < 1.29 is 0 Å². The Labute approximate surface area is 74.9 Å². The molecule has 0 aliphatic rings. The molecule has 2 heterocycles. The Hall–Kier alpha value is -1.27. The van der Waals surface area contributed by atoms with Crippen LogP contribution in [0.2, 0.25) is 0 Å².